The Morgan fingerprint density at radius 2 is 1.36 bits per heavy atom. The van der Waals surface area contributed by atoms with Crippen LogP contribution in [-0.2, 0) is 0 Å². The van der Waals surface area contributed by atoms with E-state index in [-0.39, 0.29) is 0 Å². The van der Waals surface area contributed by atoms with Gasteiger partial charge in [0, 0.05) is 32.9 Å². The number of anilines is 1. The number of allylic oxidation sites excluding steroid dienone is 8. The van der Waals surface area contributed by atoms with Crippen LogP contribution in [0.25, 0.3) is 43.7 Å². The number of fused-ring (bicyclic) bond motifs is 5. The first kappa shape index (κ1) is 21.0. The largest absolute Gasteiger partial charge is 0.398 e. The van der Waals surface area contributed by atoms with Crippen LogP contribution in [-0.4, -0.2) is 4.57 Å². The van der Waals surface area contributed by atoms with Gasteiger partial charge in [-0.05, 0) is 59.6 Å². The van der Waals surface area contributed by atoms with Crippen LogP contribution in [0.4, 0.5) is 5.69 Å². The zero-order valence-corrected chi connectivity index (χ0v) is 20.2. The van der Waals surface area contributed by atoms with E-state index < -0.39 is 0 Å². The van der Waals surface area contributed by atoms with Gasteiger partial charge in [0.1, 0.15) is 0 Å². The van der Waals surface area contributed by atoms with Crippen molar-refractivity contribution in [2.45, 2.75) is 25.3 Å². The van der Waals surface area contributed by atoms with Crippen molar-refractivity contribution < 1.29 is 0 Å². The average molecular weight is 465 g/mol. The second kappa shape index (κ2) is 8.42. The number of rotatable bonds is 3. The van der Waals surface area contributed by atoms with Crippen molar-refractivity contribution in [1.29, 1.82) is 0 Å². The van der Waals surface area contributed by atoms with Gasteiger partial charge in [-0.3, -0.25) is 0 Å². The second-order valence-corrected chi connectivity index (χ2v) is 9.84. The Hall–Kier alpha value is -4.30. The standard InChI is InChI=1S/C34H28N2/c35-32-16-8-6-12-26(32)23-18-20-24(21-19-23)30-22-31-28-14-7-9-17-33(28)36(25-10-2-1-3-11-25)34(31)29-15-5-4-13-27(29)30/h1-10,12-18,20,22,25H,11,19,21,35H2. The van der Waals surface area contributed by atoms with Gasteiger partial charge in [-0.15, -0.1) is 0 Å². The first-order chi connectivity index (χ1) is 17.8. The Morgan fingerprint density at radius 1 is 0.667 bits per heavy atom. The first-order valence-corrected chi connectivity index (χ1v) is 12.8. The van der Waals surface area contributed by atoms with Crippen LogP contribution in [0.3, 0.4) is 0 Å². The van der Waals surface area contributed by atoms with Gasteiger partial charge in [-0.1, -0.05) is 97.1 Å². The number of para-hydroxylation sites is 2. The fraction of sp³-hybridized carbons (Fsp3) is 0.118. The molecule has 7 rings (SSSR count). The average Bonchev–Trinajstić information content (AvgIpc) is 3.28. The van der Waals surface area contributed by atoms with Gasteiger partial charge >= 0.3 is 0 Å². The number of nitrogens with zero attached hydrogens (tertiary/aromatic N) is 1. The second-order valence-electron chi connectivity index (χ2n) is 9.84. The predicted molar refractivity (Wildman–Crippen MR) is 155 cm³/mol. The summed E-state index contributed by atoms with van der Waals surface area (Å²) in [5.41, 5.74) is 15.0. The summed E-state index contributed by atoms with van der Waals surface area (Å²) in [4.78, 5) is 0. The molecule has 0 aliphatic heterocycles. The zero-order valence-electron chi connectivity index (χ0n) is 20.2. The molecule has 174 valence electrons. The fourth-order valence-corrected chi connectivity index (χ4v) is 6.10. The molecule has 2 nitrogen and oxygen atoms in total. The van der Waals surface area contributed by atoms with Gasteiger partial charge in [-0.2, -0.15) is 0 Å². The predicted octanol–water partition coefficient (Wildman–Crippen LogP) is 8.85. The molecule has 4 aromatic carbocycles. The quantitative estimate of drug-likeness (QED) is 0.266. The number of aromatic nitrogens is 1. The summed E-state index contributed by atoms with van der Waals surface area (Å²) in [7, 11) is 0. The molecule has 5 aromatic rings. The van der Waals surface area contributed by atoms with Crippen LogP contribution >= 0.6 is 0 Å². The monoisotopic (exact) mass is 464 g/mol. The maximum absolute atomic E-state index is 6.28. The van der Waals surface area contributed by atoms with E-state index >= 15 is 0 Å². The summed E-state index contributed by atoms with van der Waals surface area (Å²) in [6.45, 7) is 0. The molecule has 2 heteroatoms. The summed E-state index contributed by atoms with van der Waals surface area (Å²) in [5, 5.41) is 5.32. The van der Waals surface area contributed by atoms with Crippen LogP contribution < -0.4 is 5.73 Å². The topological polar surface area (TPSA) is 30.9 Å². The molecular formula is C34H28N2. The molecule has 1 unspecified atom stereocenters. The smallest absolute Gasteiger partial charge is 0.0577 e. The minimum absolute atomic E-state index is 0.322. The van der Waals surface area contributed by atoms with Crippen LogP contribution in [0.5, 0.6) is 0 Å². The minimum Gasteiger partial charge on any atom is -0.398 e. The van der Waals surface area contributed by atoms with E-state index in [1.165, 1.54) is 49.3 Å². The fourth-order valence-electron chi connectivity index (χ4n) is 6.10. The van der Waals surface area contributed by atoms with Gasteiger partial charge < -0.3 is 10.3 Å². The zero-order chi connectivity index (χ0) is 24.1. The molecule has 0 saturated heterocycles. The van der Waals surface area contributed by atoms with Crippen molar-refractivity contribution in [2.75, 3.05) is 5.73 Å². The number of nitrogen functional groups attached to an aromatic ring is 1. The van der Waals surface area contributed by atoms with Crippen LogP contribution in [0.1, 0.15) is 36.4 Å². The highest BCUT2D eigenvalue weighted by Gasteiger charge is 2.21. The molecule has 0 amide bonds. The van der Waals surface area contributed by atoms with Gasteiger partial charge in [0.25, 0.3) is 0 Å². The molecule has 36 heavy (non-hydrogen) atoms. The van der Waals surface area contributed by atoms with Gasteiger partial charge in [0.2, 0.25) is 0 Å². The number of hydrogen-bond donors (Lipinski definition) is 1. The van der Waals surface area contributed by atoms with E-state index in [1.54, 1.807) is 0 Å². The van der Waals surface area contributed by atoms with Gasteiger partial charge in [0.05, 0.1) is 11.6 Å². The van der Waals surface area contributed by atoms with Crippen molar-refractivity contribution >= 4 is 49.4 Å². The molecule has 2 aliphatic carbocycles. The van der Waals surface area contributed by atoms with Gasteiger partial charge in [-0.25, -0.2) is 0 Å². The molecule has 1 heterocycles. The summed E-state index contributed by atoms with van der Waals surface area (Å²) >= 11 is 0. The van der Waals surface area contributed by atoms with Crippen LogP contribution in [0.2, 0.25) is 0 Å². The highest BCUT2D eigenvalue weighted by molar-refractivity contribution is 6.20. The molecule has 0 bridgehead atoms. The number of hydrogen-bond acceptors (Lipinski definition) is 1. The number of nitrogens with two attached hydrogens (primary N) is 1. The van der Waals surface area contributed by atoms with E-state index in [1.807, 2.05) is 12.1 Å². The molecule has 0 spiro atoms. The van der Waals surface area contributed by atoms with Crippen molar-refractivity contribution in [3.8, 4) is 0 Å². The van der Waals surface area contributed by atoms with Gasteiger partial charge in [0.15, 0.2) is 0 Å². The van der Waals surface area contributed by atoms with E-state index in [4.69, 9.17) is 5.73 Å². The summed E-state index contributed by atoms with van der Waals surface area (Å²) in [6.07, 6.45) is 16.5. The van der Waals surface area contributed by atoms with E-state index in [0.29, 0.717) is 6.04 Å². The third-order valence-electron chi connectivity index (χ3n) is 7.80. The van der Waals surface area contributed by atoms with Crippen molar-refractivity contribution in [1.82, 2.24) is 4.57 Å². The lowest BCUT2D eigenvalue weighted by Crippen LogP contribution is -2.07. The maximum Gasteiger partial charge on any atom is 0.0577 e. The highest BCUT2D eigenvalue weighted by Crippen LogP contribution is 2.43. The van der Waals surface area contributed by atoms with Crippen molar-refractivity contribution in [2.24, 2.45) is 0 Å². The normalized spacial score (nSPS) is 17.6. The van der Waals surface area contributed by atoms with Crippen molar-refractivity contribution in [3.63, 3.8) is 0 Å². The Morgan fingerprint density at radius 3 is 2.11 bits per heavy atom. The summed E-state index contributed by atoms with van der Waals surface area (Å²) in [5.74, 6) is 0. The maximum atomic E-state index is 6.28. The Kier molecular flexibility index (Phi) is 4.92. The molecule has 0 fully saturated rings. The molecule has 0 saturated carbocycles. The lowest BCUT2D eigenvalue weighted by molar-refractivity contribution is 0.649. The minimum atomic E-state index is 0.322. The lowest BCUT2D eigenvalue weighted by Gasteiger charge is -2.21. The van der Waals surface area contributed by atoms with E-state index in [0.717, 1.165) is 30.5 Å². The van der Waals surface area contributed by atoms with Crippen LogP contribution in [0, 0.1) is 0 Å². The van der Waals surface area contributed by atoms with Crippen molar-refractivity contribution in [3.05, 3.63) is 126 Å². The molecule has 2 aliphatic rings. The van der Waals surface area contributed by atoms with E-state index in [9.17, 15) is 0 Å². The lowest BCUT2D eigenvalue weighted by atomic mass is 9.87. The molecule has 2 N–H and O–H groups in total. The van der Waals surface area contributed by atoms with Crippen LogP contribution in [0.15, 0.2) is 115 Å². The molecule has 1 atom stereocenters. The number of benzene rings is 4. The summed E-state index contributed by atoms with van der Waals surface area (Å²) in [6, 6.07) is 28.8. The molecule has 0 radical (unpaired) electrons. The Balaban J connectivity index is 1.48. The third kappa shape index (κ3) is 3.25. The van der Waals surface area contributed by atoms with E-state index in [2.05, 4.69) is 108 Å². The third-order valence-corrected chi connectivity index (χ3v) is 7.80. The Labute approximate surface area is 211 Å². The Bertz CT molecular complexity index is 1770. The highest BCUT2D eigenvalue weighted by atomic mass is 15.0. The first-order valence-electron chi connectivity index (χ1n) is 12.8. The summed E-state index contributed by atoms with van der Waals surface area (Å²) < 4.78 is 2.56. The molecule has 1 aromatic heterocycles. The molecular weight excluding hydrogens is 436 g/mol. The SMILES string of the molecule is Nc1ccccc1C1=CC=C(c2cc3c4ccccc4n(C4C=CC=CC4)c3c3ccccc23)CC1.